The van der Waals surface area contributed by atoms with E-state index < -0.39 is 10.0 Å². The Morgan fingerprint density at radius 3 is 2.29 bits per heavy atom. The van der Waals surface area contributed by atoms with E-state index in [-0.39, 0.29) is 53.2 Å². The van der Waals surface area contributed by atoms with E-state index in [2.05, 4.69) is 5.32 Å². The Balaban J connectivity index is 1.44. The van der Waals surface area contributed by atoms with Gasteiger partial charge in [-0.2, -0.15) is 4.31 Å². The fraction of sp³-hybridized carbons (Fsp3) is 0.625. The zero-order valence-electron chi connectivity index (χ0n) is 19.6. The van der Waals surface area contributed by atoms with E-state index in [1.54, 1.807) is 19.1 Å². The Labute approximate surface area is 200 Å². The highest BCUT2D eigenvalue weighted by atomic mass is 32.2. The average molecular weight is 492 g/mol. The molecule has 0 unspecified atom stereocenters. The number of piperidine rings is 1. The summed E-state index contributed by atoms with van der Waals surface area (Å²) in [5, 5.41) is 2.72. The molecule has 2 saturated heterocycles. The van der Waals surface area contributed by atoms with Gasteiger partial charge >= 0.3 is 0 Å². The predicted octanol–water partition coefficient (Wildman–Crippen LogP) is 2.76. The number of hydrogen-bond donors (Lipinski definition) is 1. The third-order valence-electron chi connectivity index (χ3n) is 6.96. The third kappa shape index (κ3) is 4.98. The van der Waals surface area contributed by atoms with Crippen molar-refractivity contribution in [2.24, 2.45) is 11.8 Å². The molecule has 34 heavy (non-hydrogen) atoms. The van der Waals surface area contributed by atoms with Gasteiger partial charge in [-0.05, 0) is 50.8 Å². The van der Waals surface area contributed by atoms with Gasteiger partial charge in [0.1, 0.15) is 10.6 Å². The van der Waals surface area contributed by atoms with Crippen LogP contribution in [0.15, 0.2) is 23.1 Å². The lowest BCUT2D eigenvalue weighted by molar-refractivity contribution is -0.140. The zero-order chi connectivity index (χ0) is 24.3. The predicted molar refractivity (Wildman–Crippen MR) is 126 cm³/mol. The van der Waals surface area contributed by atoms with Gasteiger partial charge < -0.3 is 10.1 Å². The van der Waals surface area contributed by atoms with Gasteiger partial charge in [0, 0.05) is 31.7 Å². The minimum atomic E-state index is -3.77. The number of fused-ring (bicyclic) bond motifs is 1. The Hall–Kier alpha value is -2.46. The first-order chi connectivity index (χ1) is 16.3. The Morgan fingerprint density at radius 1 is 1.03 bits per heavy atom. The number of imide groups is 1. The summed E-state index contributed by atoms with van der Waals surface area (Å²) in [6, 6.07) is 4.57. The number of carbonyl (C=O) groups excluding carboxylic acids is 3. The molecule has 3 fully saturated rings. The minimum absolute atomic E-state index is 0.0306. The second-order valence-electron chi connectivity index (χ2n) is 9.18. The third-order valence-corrected chi connectivity index (χ3v) is 8.87. The summed E-state index contributed by atoms with van der Waals surface area (Å²) in [7, 11) is -3.77. The number of hydrogen-bond acceptors (Lipinski definition) is 6. The van der Waals surface area contributed by atoms with Crippen LogP contribution in [0.4, 0.5) is 5.69 Å². The Kier molecular flexibility index (Phi) is 7.57. The number of likely N-dealkylation sites (tertiary alicyclic amines) is 1. The first-order valence-electron chi connectivity index (χ1n) is 12.2. The van der Waals surface area contributed by atoms with Crippen molar-refractivity contribution in [2.45, 2.75) is 63.2 Å². The number of sulfonamides is 1. The van der Waals surface area contributed by atoms with Gasteiger partial charge in [-0.3, -0.25) is 19.3 Å². The van der Waals surface area contributed by atoms with Crippen LogP contribution in [0.1, 0.15) is 58.3 Å². The zero-order valence-corrected chi connectivity index (χ0v) is 20.4. The number of ether oxygens (including phenoxy) is 1. The summed E-state index contributed by atoms with van der Waals surface area (Å²) in [6.45, 7) is 3.05. The van der Waals surface area contributed by atoms with Crippen molar-refractivity contribution in [3.05, 3.63) is 18.2 Å². The molecule has 186 valence electrons. The summed E-state index contributed by atoms with van der Waals surface area (Å²) in [6.07, 6.45) is 5.97. The average Bonchev–Trinajstić information content (AvgIpc) is 3.09. The Morgan fingerprint density at radius 2 is 1.68 bits per heavy atom. The number of amides is 3. The van der Waals surface area contributed by atoms with Crippen molar-refractivity contribution in [1.29, 1.82) is 0 Å². The first kappa shape index (κ1) is 24.7. The number of nitrogens with zero attached hydrogens (tertiary/aromatic N) is 2. The molecule has 1 aromatic rings. The lowest BCUT2D eigenvalue weighted by atomic mass is 9.81. The van der Waals surface area contributed by atoms with Crippen LogP contribution in [0, 0.1) is 11.8 Å². The fourth-order valence-corrected chi connectivity index (χ4v) is 6.87. The van der Waals surface area contributed by atoms with Crippen LogP contribution in [-0.2, 0) is 24.4 Å². The molecule has 0 radical (unpaired) electrons. The van der Waals surface area contributed by atoms with Crippen LogP contribution in [0.5, 0.6) is 5.75 Å². The highest BCUT2D eigenvalue weighted by molar-refractivity contribution is 7.89. The highest BCUT2D eigenvalue weighted by Crippen LogP contribution is 2.38. The molecule has 3 amide bonds. The van der Waals surface area contributed by atoms with Crippen molar-refractivity contribution < 1.29 is 27.5 Å². The monoisotopic (exact) mass is 491 g/mol. The molecular weight excluding hydrogens is 458 g/mol. The summed E-state index contributed by atoms with van der Waals surface area (Å²) < 4.78 is 33.6. The van der Waals surface area contributed by atoms with E-state index in [4.69, 9.17) is 4.74 Å². The maximum atomic E-state index is 13.3. The smallest absolute Gasteiger partial charge is 0.246 e. The van der Waals surface area contributed by atoms with Gasteiger partial charge in [0.25, 0.3) is 0 Å². The molecule has 2 heterocycles. The maximum Gasteiger partial charge on any atom is 0.246 e. The van der Waals surface area contributed by atoms with Crippen molar-refractivity contribution in [2.75, 3.05) is 31.6 Å². The molecule has 1 N–H and O–H groups in total. The van der Waals surface area contributed by atoms with Crippen molar-refractivity contribution in [1.82, 2.24) is 9.21 Å². The van der Waals surface area contributed by atoms with E-state index >= 15 is 0 Å². The first-order valence-corrected chi connectivity index (χ1v) is 13.7. The van der Waals surface area contributed by atoms with Crippen LogP contribution in [-0.4, -0.2) is 61.6 Å². The number of anilines is 1. The summed E-state index contributed by atoms with van der Waals surface area (Å²) in [5.74, 6) is -0.948. The molecule has 2 aliphatic heterocycles. The number of rotatable bonds is 8. The second kappa shape index (κ2) is 10.4. The lowest BCUT2D eigenvalue weighted by Crippen LogP contribution is -2.36. The molecule has 2 atom stereocenters. The fourth-order valence-electron chi connectivity index (χ4n) is 5.19. The van der Waals surface area contributed by atoms with Gasteiger partial charge in [0.05, 0.1) is 18.4 Å². The minimum Gasteiger partial charge on any atom is -0.492 e. The van der Waals surface area contributed by atoms with E-state index in [1.807, 2.05) is 0 Å². The van der Waals surface area contributed by atoms with Crippen LogP contribution < -0.4 is 10.1 Å². The molecule has 10 heteroatoms. The topological polar surface area (TPSA) is 113 Å². The molecule has 9 nitrogen and oxygen atoms in total. The SMILES string of the molecule is CCOc1ccc(NC(=O)CCN2C(=O)[C@H]3CCCC[C@H]3C2=O)cc1S(=O)(=O)N1CCCCC1. The number of nitrogens with one attached hydrogen (secondary N) is 1. The maximum absolute atomic E-state index is 13.3. The van der Waals surface area contributed by atoms with Gasteiger partial charge in [-0.25, -0.2) is 8.42 Å². The molecule has 0 spiro atoms. The van der Waals surface area contributed by atoms with Gasteiger partial charge in [-0.1, -0.05) is 19.3 Å². The van der Waals surface area contributed by atoms with E-state index in [0.717, 1.165) is 44.9 Å². The van der Waals surface area contributed by atoms with Crippen LogP contribution in [0.25, 0.3) is 0 Å². The molecule has 4 rings (SSSR count). The normalized spacial score (nSPS) is 23.6. The van der Waals surface area contributed by atoms with Crippen LogP contribution >= 0.6 is 0 Å². The molecule has 3 aliphatic rings. The van der Waals surface area contributed by atoms with E-state index in [9.17, 15) is 22.8 Å². The molecule has 1 saturated carbocycles. The van der Waals surface area contributed by atoms with Gasteiger partial charge in [0.15, 0.2) is 0 Å². The van der Waals surface area contributed by atoms with E-state index in [0.29, 0.717) is 25.4 Å². The quantitative estimate of drug-likeness (QED) is 0.560. The molecular formula is C24H33N3O6S. The number of carbonyl (C=O) groups is 3. The highest BCUT2D eigenvalue weighted by Gasteiger charge is 2.47. The standard InChI is InChI=1S/C24H33N3O6S/c1-2-33-20-11-10-17(16-21(20)34(31,32)26-13-6-3-7-14-26)25-22(28)12-15-27-23(29)18-8-4-5-9-19(18)24(27)30/h10-11,16,18-19H,2-9,12-15H2,1H3,(H,25,28)/t18-,19+. The van der Waals surface area contributed by atoms with Crippen molar-refractivity contribution in [3.63, 3.8) is 0 Å². The summed E-state index contributed by atoms with van der Waals surface area (Å²) in [4.78, 5) is 39.1. The van der Waals surface area contributed by atoms with Crippen LogP contribution in [0.2, 0.25) is 0 Å². The van der Waals surface area contributed by atoms with Gasteiger partial charge in [-0.15, -0.1) is 0 Å². The van der Waals surface area contributed by atoms with Gasteiger partial charge in [0.2, 0.25) is 27.7 Å². The molecule has 0 aromatic heterocycles. The largest absolute Gasteiger partial charge is 0.492 e. The van der Waals surface area contributed by atoms with Crippen molar-refractivity contribution >= 4 is 33.4 Å². The summed E-state index contributed by atoms with van der Waals surface area (Å²) in [5.41, 5.74) is 0.330. The second-order valence-corrected chi connectivity index (χ2v) is 11.1. The summed E-state index contributed by atoms with van der Waals surface area (Å²) >= 11 is 0. The lowest BCUT2D eigenvalue weighted by Gasteiger charge is -2.27. The van der Waals surface area contributed by atoms with Crippen LogP contribution in [0.3, 0.4) is 0 Å². The van der Waals surface area contributed by atoms with Crippen molar-refractivity contribution in [3.8, 4) is 5.75 Å². The molecule has 1 aromatic carbocycles. The van der Waals surface area contributed by atoms with E-state index in [1.165, 1.54) is 15.3 Å². The molecule has 1 aliphatic carbocycles. The Bertz CT molecular complexity index is 1030. The molecule has 0 bridgehead atoms. The number of benzene rings is 1.